The van der Waals surface area contributed by atoms with E-state index in [0.717, 1.165) is 17.2 Å². The van der Waals surface area contributed by atoms with Crippen LogP contribution in [0.1, 0.15) is 51.0 Å². The van der Waals surface area contributed by atoms with Gasteiger partial charge in [-0.1, -0.05) is 31.9 Å². The molecule has 0 spiro atoms. The highest BCUT2D eigenvalue weighted by Crippen LogP contribution is 2.35. The Kier molecular flexibility index (Phi) is 7.48. The molecule has 1 aromatic carbocycles. The smallest absolute Gasteiger partial charge is 0.222 e. The lowest BCUT2D eigenvalue weighted by molar-refractivity contribution is -0.124. The van der Waals surface area contributed by atoms with Gasteiger partial charge in [0.2, 0.25) is 5.91 Å². The first-order valence-electron chi connectivity index (χ1n) is 11.6. The summed E-state index contributed by atoms with van der Waals surface area (Å²) in [5.41, 5.74) is 1.01. The average Bonchev–Trinajstić information content (AvgIpc) is 3.29. The van der Waals surface area contributed by atoms with Crippen LogP contribution < -0.4 is 15.4 Å². The second-order valence-electron chi connectivity index (χ2n) is 9.37. The fraction of sp³-hybridized carbons (Fsp3) is 0.708. The van der Waals surface area contributed by atoms with E-state index in [1.165, 1.54) is 25.7 Å². The first-order chi connectivity index (χ1) is 15.0. The Morgan fingerprint density at radius 1 is 1.19 bits per heavy atom. The third-order valence-corrected chi connectivity index (χ3v) is 6.88. The number of hydrogen-bond acceptors (Lipinski definition) is 6. The summed E-state index contributed by atoms with van der Waals surface area (Å²) in [4.78, 5) is 12.3. The van der Waals surface area contributed by atoms with Gasteiger partial charge in [0.15, 0.2) is 0 Å². The van der Waals surface area contributed by atoms with Gasteiger partial charge < -0.3 is 30.0 Å². The zero-order valence-corrected chi connectivity index (χ0v) is 18.6. The number of methoxy groups -OCH3 is 1. The van der Waals surface area contributed by atoms with Gasteiger partial charge in [0.1, 0.15) is 18.0 Å². The monoisotopic (exact) mass is 432 g/mol. The minimum absolute atomic E-state index is 0.0556. The number of benzene rings is 1. The highest BCUT2D eigenvalue weighted by atomic mass is 16.6. The Balaban J connectivity index is 1.17. The predicted molar refractivity (Wildman–Crippen MR) is 117 cm³/mol. The Morgan fingerprint density at radius 2 is 2.00 bits per heavy atom. The second kappa shape index (κ2) is 10.3. The fourth-order valence-electron chi connectivity index (χ4n) is 5.13. The minimum Gasteiger partial charge on any atom is -0.497 e. The maximum atomic E-state index is 12.3. The fourth-order valence-corrected chi connectivity index (χ4v) is 5.13. The van der Waals surface area contributed by atoms with E-state index in [1.54, 1.807) is 7.11 Å². The van der Waals surface area contributed by atoms with E-state index in [-0.39, 0.29) is 36.7 Å². The quantitative estimate of drug-likeness (QED) is 0.583. The van der Waals surface area contributed by atoms with Gasteiger partial charge in [-0.25, -0.2) is 0 Å². The van der Waals surface area contributed by atoms with Crippen LogP contribution in [0.3, 0.4) is 0 Å². The molecule has 7 nitrogen and oxygen atoms in total. The average molecular weight is 433 g/mol. The van der Waals surface area contributed by atoms with Gasteiger partial charge in [0, 0.05) is 25.6 Å². The van der Waals surface area contributed by atoms with Crippen LogP contribution in [0, 0.1) is 5.92 Å². The molecule has 3 fully saturated rings. The number of fused-ring (bicyclic) bond motifs is 1. The molecule has 1 amide bonds. The number of amides is 1. The lowest BCUT2D eigenvalue weighted by Crippen LogP contribution is -2.43. The molecule has 7 unspecified atom stereocenters. The van der Waals surface area contributed by atoms with Crippen molar-refractivity contribution in [2.45, 2.75) is 88.6 Å². The minimum atomic E-state index is -0.647. The molecular formula is C24H36N2O5. The molecule has 0 radical (unpaired) electrons. The van der Waals surface area contributed by atoms with E-state index in [0.29, 0.717) is 25.6 Å². The van der Waals surface area contributed by atoms with Gasteiger partial charge in [-0.3, -0.25) is 4.79 Å². The molecular weight excluding hydrogens is 396 g/mol. The van der Waals surface area contributed by atoms with Crippen LogP contribution in [0.5, 0.6) is 5.75 Å². The standard InChI is InChI=1S/C24H36N2O5/c1-15-4-3-5-17(10-15)25-14-21-23(28)24-20(31-21)11-19(30-24)12-22(27)26-13-16-6-8-18(29-2)9-7-16/h6-9,15,17,19-21,23-25,28H,3-5,10-14H2,1-2H3,(H,26,27). The molecule has 7 heteroatoms. The van der Waals surface area contributed by atoms with Gasteiger partial charge >= 0.3 is 0 Å². The van der Waals surface area contributed by atoms with Crippen molar-refractivity contribution < 1.29 is 24.1 Å². The Bertz CT molecular complexity index is 727. The molecule has 2 aliphatic heterocycles. The summed E-state index contributed by atoms with van der Waals surface area (Å²) in [7, 11) is 1.63. The first kappa shape index (κ1) is 22.5. The zero-order valence-electron chi connectivity index (χ0n) is 18.6. The summed E-state index contributed by atoms with van der Waals surface area (Å²) in [6.07, 6.45) is 4.33. The molecule has 1 aliphatic carbocycles. The molecule has 172 valence electrons. The largest absolute Gasteiger partial charge is 0.497 e. The Morgan fingerprint density at radius 3 is 2.71 bits per heavy atom. The molecule has 31 heavy (non-hydrogen) atoms. The number of aliphatic hydroxyl groups is 1. The van der Waals surface area contributed by atoms with Crippen molar-refractivity contribution in [1.82, 2.24) is 10.6 Å². The summed E-state index contributed by atoms with van der Waals surface area (Å²) in [6.45, 7) is 3.43. The van der Waals surface area contributed by atoms with Crippen LogP contribution >= 0.6 is 0 Å². The summed E-state index contributed by atoms with van der Waals surface area (Å²) in [5.74, 6) is 1.50. The van der Waals surface area contributed by atoms with Crippen LogP contribution in [-0.2, 0) is 20.8 Å². The lowest BCUT2D eigenvalue weighted by Gasteiger charge is -2.29. The first-order valence-corrected chi connectivity index (χ1v) is 11.6. The van der Waals surface area contributed by atoms with Crippen LogP contribution in [0.4, 0.5) is 0 Å². The van der Waals surface area contributed by atoms with Crippen molar-refractivity contribution in [2.24, 2.45) is 5.92 Å². The molecule has 3 N–H and O–H groups in total. The van der Waals surface area contributed by atoms with Crippen molar-refractivity contribution in [2.75, 3.05) is 13.7 Å². The SMILES string of the molecule is COc1ccc(CNC(=O)CC2CC3OC(CNC4CCCC(C)C4)C(O)C3O2)cc1. The molecule has 0 aromatic heterocycles. The summed E-state index contributed by atoms with van der Waals surface area (Å²) in [6, 6.07) is 8.13. The normalized spacial score (nSPS) is 35.0. The van der Waals surface area contributed by atoms with E-state index in [2.05, 4.69) is 17.6 Å². The number of hydrogen-bond donors (Lipinski definition) is 3. The third kappa shape index (κ3) is 5.77. The van der Waals surface area contributed by atoms with Crippen molar-refractivity contribution in [3.63, 3.8) is 0 Å². The van der Waals surface area contributed by atoms with Gasteiger partial charge in [0.05, 0.1) is 31.8 Å². The molecule has 7 atom stereocenters. The maximum absolute atomic E-state index is 12.3. The zero-order chi connectivity index (χ0) is 21.8. The summed E-state index contributed by atoms with van der Waals surface area (Å²) in [5, 5.41) is 17.2. The Labute approximate surface area is 184 Å². The molecule has 3 aliphatic rings. The molecule has 1 saturated carbocycles. The molecule has 2 heterocycles. The third-order valence-electron chi connectivity index (χ3n) is 6.88. The van der Waals surface area contributed by atoms with Crippen LogP contribution in [0.2, 0.25) is 0 Å². The van der Waals surface area contributed by atoms with Crippen molar-refractivity contribution >= 4 is 5.91 Å². The number of rotatable bonds is 8. The maximum Gasteiger partial charge on any atom is 0.222 e. The Hall–Kier alpha value is -1.67. The van der Waals surface area contributed by atoms with Gasteiger partial charge in [0.25, 0.3) is 0 Å². The number of carbonyl (C=O) groups is 1. The van der Waals surface area contributed by atoms with E-state index >= 15 is 0 Å². The van der Waals surface area contributed by atoms with Crippen molar-refractivity contribution in [3.05, 3.63) is 29.8 Å². The van der Waals surface area contributed by atoms with Gasteiger partial charge in [-0.05, 0) is 36.5 Å². The van der Waals surface area contributed by atoms with E-state index in [1.807, 2.05) is 24.3 Å². The molecule has 2 saturated heterocycles. The van der Waals surface area contributed by atoms with Crippen LogP contribution in [-0.4, -0.2) is 61.2 Å². The molecule has 1 aromatic rings. The second-order valence-corrected chi connectivity index (χ2v) is 9.37. The molecule has 4 rings (SSSR count). The predicted octanol–water partition coefficient (Wildman–Crippen LogP) is 2.16. The van der Waals surface area contributed by atoms with E-state index < -0.39 is 6.10 Å². The number of carbonyl (C=O) groups excluding carboxylic acids is 1. The van der Waals surface area contributed by atoms with Crippen LogP contribution in [0.25, 0.3) is 0 Å². The molecule has 0 bridgehead atoms. The highest BCUT2D eigenvalue weighted by molar-refractivity contribution is 5.76. The van der Waals surface area contributed by atoms with Gasteiger partial charge in [-0.15, -0.1) is 0 Å². The van der Waals surface area contributed by atoms with Gasteiger partial charge in [-0.2, -0.15) is 0 Å². The van der Waals surface area contributed by atoms with Crippen LogP contribution in [0.15, 0.2) is 24.3 Å². The topological polar surface area (TPSA) is 89.1 Å². The number of aliphatic hydroxyl groups excluding tert-OH is 1. The summed E-state index contributed by atoms with van der Waals surface area (Å²) < 4.78 is 17.3. The summed E-state index contributed by atoms with van der Waals surface area (Å²) >= 11 is 0. The lowest BCUT2D eigenvalue weighted by atomic mass is 9.87. The van der Waals surface area contributed by atoms with Crippen molar-refractivity contribution in [3.8, 4) is 5.75 Å². The number of nitrogens with one attached hydrogen (secondary N) is 2. The highest BCUT2D eigenvalue weighted by Gasteiger charge is 2.50. The van der Waals surface area contributed by atoms with Crippen molar-refractivity contribution in [1.29, 1.82) is 0 Å². The van der Waals surface area contributed by atoms with E-state index in [4.69, 9.17) is 14.2 Å². The number of ether oxygens (including phenoxy) is 3. The van der Waals surface area contributed by atoms with E-state index in [9.17, 15) is 9.90 Å².